The Hall–Kier alpha value is -6.15. The second kappa shape index (κ2) is 20.5. The van der Waals surface area contributed by atoms with E-state index in [2.05, 4.69) is 65.9 Å². The maximum atomic E-state index is 17.3. The monoisotopic (exact) mass is 970 g/mol. The van der Waals surface area contributed by atoms with Crippen molar-refractivity contribution in [3.63, 3.8) is 0 Å². The van der Waals surface area contributed by atoms with E-state index in [4.69, 9.17) is 16.1 Å². The Morgan fingerprint density at radius 3 is 2.41 bits per heavy atom. The summed E-state index contributed by atoms with van der Waals surface area (Å²) in [6, 6.07) is 12.3. The van der Waals surface area contributed by atoms with Crippen molar-refractivity contribution in [3.05, 3.63) is 81.1 Å². The number of ether oxygens (including phenoxy) is 1. The van der Waals surface area contributed by atoms with Gasteiger partial charge in [0, 0.05) is 119 Å². The molecular formula is C55H65F2N9O5. The minimum absolute atomic E-state index is 0.00331. The number of aromatic hydroxyl groups is 1. The summed E-state index contributed by atoms with van der Waals surface area (Å²) < 4.78 is 38.8. The van der Waals surface area contributed by atoms with Gasteiger partial charge in [0.2, 0.25) is 6.41 Å². The number of nitrogens with zero attached hydrogens (tertiary/aromatic N) is 7. The largest absolute Gasteiger partial charge is 0.508 e. The highest BCUT2D eigenvalue weighted by atomic mass is 19.1. The number of aldehydes is 1. The number of benzene rings is 3. The molecule has 0 spiro atoms. The number of fused-ring (bicyclic) bond motifs is 4. The highest BCUT2D eigenvalue weighted by Gasteiger charge is 2.46. The summed E-state index contributed by atoms with van der Waals surface area (Å²) in [6.45, 7) is 14.0. The summed E-state index contributed by atoms with van der Waals surface area (Å²) in [4.78, 5) is 60.8. The average Bonchev–Trinajstić information content (AvgIpc) is 4.15. The van der Waals surface area contributed by atoms with Crippen LogP contribution in [0.2, 0.25) is 0 Å². The molecule has 71 heavy (non-hydrogen) atoms. The van der Waals surface area contributed by atoms with Crippen LogP contribution >= 0.6 is 0 Å². The quantitative estimate of drug-likeness (QED) is 0.0668. The minimum Gasteiger partial charge on any atom is -0.508 e. The maximum absolute atomic E-state index is 17.3. The Kier molecular flexibility index (Phi) is 14.0. The van der Waals surface area contributed by atoms with Crippen molar-refractivity contribution >= 4 is 45.9 Å². The number of terminal acetylenes is 1. The number of aromatic nitrogens is 3. The van der Waals surface area contributed by atoms with E-state index in [0.29, 0.717) is 56.2 Å². The molecule has 2 aromatic heterocycles. The van der Waals surface area contributed by atoms with Crippen LogP contribution in [-0.2, 0) is 16.1 Å². The predicted molar refractivity (Wildman–Crippen MR) is 272 cm³/mol. The molecule has 3 N–H and O–H groups in total. The summed E-state index contributed by atoms with van der Waals surface area (Å²) in [6.07, 6.45) is 16.0. The van der Waals surface area contributed by atoms with Gasteiger partial charge in [-0.1, -0.05) is 24.5 Å². The lowest BCUT2D eigenvalue weighted by Gasteiger charge is -2.43. The van der Waals surface area contributed by atoms with Gasteiger partial charge in [0.05, 0.1) is 17.9 Å². The molecule has 5 aliphatic rings. The summed E-state index contributed by atoms with van der Waals surface area (Å²) in [5.74, 6) is 1.58. The number of hydrogen-bond acceptors (Lipinski definition) is 12. The first kappa shape index (κ1) is 48.5. The van der Waals surface area contributed by atoms with Crippen LogP contribution in [0, 0.1) is 42.2 Å². The maximum Gasteiger partial charge on any atom is 0.319 e. The lowest BCUT2D eigenvalue weighted by Crippen LogP contribution is -2.59. The number of carbonyl (C=O) groups is 2. The number of piperidine rings is 2. The van der Waals surface area contributed by atoms with Gasteiger partial charge in [-0.05, 0) is 112 Å². The van der Waals surface area contributed by atoms with Gasteiger partial charge in [0.25, 0.3) is 5.56 Å². The molecule has 1 amide bonds. The number of H-pyrrole nitrogens is 1. The van der Waals surface area contributed by atoms with E-state index in [1.54, 1.807) is 4.90 Å². The molecule has 1 aliphatic carbocycles. The summed E-state index contributed by atoms with van der Waals surface area (Å²) >= 11 is 0. The van der Waals surface area contributed by atoms with Gasteiger partial charge in [0.15, 0.2) is 5.82 Å². The molecule has 3 unspecified atom stereocenters. The molecule has 10 rings (SSSR count). The van der Waals surface area contributed by atoms with Crippen LogP contribution < -0.4 is 25.4 Å². The molecule has 5 fully saturated rings. The number of aromatic amines is 1. The van der Waals surface area contributed by atoms with E-state index in [-0.39, 0.29) is 68.4 Å². The SMILES string of the molecule is C#Cc1c(F)ccc2cc(O)cc(-c3[nH]c(=O)c4c(N5CC6CCCC(C5)N6)nc(OCC5(CN6CCN(CC7CCN(c8ccc(C)c(CN(C=O)C(C)CCC=O)c8)CC7)CC6)CC5)nc4c3F)c12. The van der Waals surface area contributed by atoms with Crippen molar-refractivity contribution in [1.29, 1.82) is 0 Å². The van der Waals surface area contributed by atoms with Crippen LogP contribution in [0.4, 0.5) is 20.3 Å². The first-order valence-electron chi connectivity index (χ1n) is 25.5. The average molecular weight is 970 g/mol. The van der Waals surface area contributed by atoms with Crippen LogP contribution in [-0.4, -0.2) is 138 Å². The Bertz CT molecular complexity index is 2890. The third-order valence-corrected chi connectivity index (χ3v) is 16.1. The fourth-order valence-electron chi connectivity index (χ4n) is 11.6. The van der Waals surface area contributed by atoms with E-state index in [9.17, 15) is 19.5 Å². The summed E-state index contributed by atoms with van der Waals surface area (Å²) in [5.41, 5.74) is 2.24. The molecule has 1 saturated carbocycles. The molecule has 14 nitrogen and oxygen atoms in total. The van der Waals surface area contributed by atoms with Crippen molar-refractivity contribution in [2.45, 2.75) is 96.3 Å². The van der Waals surface area contributed by atoms with Gasteiger partial charge in [0.1, 0.15) is 34.6 Å². The van der Waals surface area contributed by atoms with Gasteiger partial charge in [-0.2, -0.15) is 9.97 Å². The number of phenolic OH excluding ortho intramolecular Hbond substituents is 1. The van der Waals surface area contributed by atoms with Gasteiger partial charge in [-0.25, -0.2) is 8.78 Å². The number of hydrogen-bond donors (Lipinski definition) is 3. The van der Waals surface area contributed by atoms with Crippen molar-refractivity contribution < 1.29 is 28.2 Å². The third kappa shape index (κ3) is 10.3. The molecule has 16 heteroatoms. The summed E-state index contributed by atoms with van der Waals surface area (Å²) in [5, 5.41) is 15.0. The molecule has 2 bridgehead atoms. The van der Waals surface area contributed by atoms with Gasteiger partial charge < -0.3 is 49.4 Å². The second-order valence-corrected chi connectivity index (χ2v) is 21.0. The number of anilines is 2. The fourth-order valence-corrected chi connectivity index (χ4v) is 11.6. The number of nitrogens with one attached hydrogen (secondary N) is 2. The molecule has 4 saturated heterocycles. The third-order valence-electron chi connectivity index (χ3n) is 16.1. The van der Waals surface area contributed by atoms with E-state index < -0.39 is 17.2 Å². The molecule has 4 aliphatic heterocycles. The lowest BCUT2D eigenvalue weighted by molar-refractivity contribution is -0.121. The number of piperazine rings is 2. The van der Waals surface area contributed by atoms with Crippen molar-refractivity contribution in [1.82, 2.24) is 35.0 Å². The van der Waals surface area contributed by atoms with Crippen LogP contribution in [0.1, 0.15) is 81.4 Å². The van der Waals surface area contributed by atoms with Gasteiger partial charge >= 0.3 is 6.01 Å². The number of carbonyl (C=O) groups excluding carboxylic acids is 2. The molecule has 3 aromatic carbocycles. The van der Waals surface area contributed by atoms with Crippen molar-refractivity contribution in [3.8, 4) is 35.4 Å². The predicted octanol–water partition coefficient (Wildman–Crippen LogP) is 6.76. The minimum atomic E-state index is -0.856. The van der Waals surface area contributed by atoms with Gasteiger partial charge in [-0.15, -0.1) is 6.42 Å². The lowest BCUT2D eigenvalue weighted by atomic mass is 9.94. The number of halogens is 2. The van der Waals surface area contributed by atoms with E-state index in [0.717, 1.165) is 121 Å². The highest BCUT2D eigenvalue weighted by Crippen LogP contribution is 2.47. The van der Waals surface area contributed by atoms with Crippen LogP contribution in [0.15, 0.2) is 47.3 Å². The molecule has 6 heterocycles. The molecule has 5 aromatic rings. The normalized spacial score (nSPS) is 21.0. The topological polar surface area (TPSA) is 150 Å². The Labute approximate surface area is 413 Å². The van der Waals surface area contributed by atoms with Crippen LogP contribution in [0.25, 0.3) is 32.9 Å². The smallest absolute Gasteiger partial charge is 0.319 e. The van der Waals surface area contributed by atoms with E-state index in [1.807, 2.05) is 6.92 Å². The second-order valence-electron chi connectivity index (χ2n) is 21.0. The zero-order valence-corrected chi connectivity index (χ0v) is 40.9. The molecule has 0 radical (unpaired) electrons. The van der Waals surface area contributed by atoms with E-state index in [1.165, 1.54) is 30.0 Å². The van der Waals surface area contributed by atoms with Crippen molar-refractivity contribution in [2.24, 2.45) is 11.3 Å². The Morgan fingerprint density at radius 2 is 1.70 bits per heavy atom. The fraction of sp³-hybridized carbons (Fsp3) is 0.509. The van der Waals surface area contributed by atoms with Crippen molar-refractivity contribution in [2.75, 3.05) is 81.9 Å². The zero-order valence-electron chi connectivity index (χ0n) is 40.9. The Balaban J connectivity index is 0.794. The first-order chi connectivity index (χ1) is 34.4. The Morgan fingerprint density at radius 1 is 0.958 bits per heavy atom. The molecule has 374 valence electrons. The molecule has 3 atom stereocenters. The highest BCUT2D eigenvalue weighted by molar-refractivity contribution is 6.03. The van der Waals surface area contributed by atoms with Gasteiger partial charge in [-0.3, -0.25) is 9.59 Å². The van der Waals surface area contributed by atoms with Crippen LogP contribution in [0.5, 0.6) is 11.8 Å². The number of pyridine rings is 1. The number of aryl methyl sites for hydroxylation is 1. The summed E-state index contributed by atoms with van der Waals surface area (Å²) in [7, 11) is 0. The van der Waals surface area contributed by atoms with Crippen LogP contribution in [0.3, 0.4) is 0 Å². The number of rotatable bonds is 17. The number of phenols is 1. The molecular weight excluding hydrogens is 905 g/mol. The van der Waals surface area contributed by atoms with E-state index >= 15 is 8.78 Å². The zero-order chi connectivity index (χ0) is 49.4. The first-order valence-corrected chi connectivity index (χ1v) is 25.5. The number of amides is 1. The standard InChI is InChI=1S/C55H65F2N9O5/c1-4-44-46(56)13-11-38-26-43(69)27-45(47(38)44)50-49(57)51-48(53(70)59-50)52(65-30-40-8-5-9-41(31-65)58-40)61-54(60-51)71-33-55(16-17-55)32-63-22-20-62(21-23-63)28-37-14-18-64(19-15-37)42-12-10-35(2)39(25-42)29-66(34-68)36(3)7-6-24-67/h1,10-13,24-27,34,36-37,40-41,58,69H,5-9,14-23,28-33H2,2-3H3,(H,59,70).